The Hall–Kier alpha value is -0.890. The maximum Gasteiger partial charge on any atom is 0.123 e. The van der Waals surface area contributed by atoms with Crippen molar-refractivity contribution in [3.05, 3.63) is 35.6 Å². The summed E-state index contributed by atoms with van der Waals surface area (Å²) < 4.78 is 13.5. The third-order valence-corrected chi connectivity index (χ3v) is 4.54. The van der Waals surface area contributed by atoms with E-state index in [0.29, 0.717) is 11.8 Å². The molecule has 112 valence electrons. The summed E-state index contributed by atoms with van der Waals surface area (Å²) >= 11 is 0. The van der Waals surface area contributed by atoms with Crippen molar-refractivity contribution in [2.24, 2.45) is 5.92 Å². The van der Waals surface area contributed by atoms with Crippen molar-refractivity contribution in [3.63, 3.8) is 0 Å². The van der Waals surface area contributed by atoms with E-state index < -0.39 is 0 Å². The van der Waals surface area contributed by atoms with Gasteiger partial charge in [-0.3, -0.25) is 0 Å². The number of hydrogen-bond acceptors (Lipinski definition) is 1. The lowest BCUT2D eigenvalue weighted by atomic mass is 9.81. The molecule has 1 aliphatic carbocycles. The van der Waals surface area contributed by atoms with Crippen LogP contribution in [-0.2, 0) is 0 Å². The van der Waals surface area contributed by atoms with E-state index in [1.54, 1.807) is 12.1 Å². The molecule has 1 atom stereocenters. The van der Waals surface area contributed by atoms with Crippen molar-refractivity contribution in [3.8, 4) is 0 Å². The fourth-order valence-electron chi connectivity index (χ4n) is 3.44. The van der Waals surface area contributed by atoms with Gasteiger partial charge in [0.25, 0.3) is 0 Å². The summed E-state index contributed by atoms with van der Waals surface area (Å²) in [6.07, 6.45) is 9.17. The zero-order valence-corrected chi connectivity index (χ0v) is 12.7. The fraction of sp³-hybridized carbons (Fsp3) is 0.667. The first-order valence-corrected chi connectivity index (χ1v) is 8.27. The molecule has 0 aromatic heterocycles. The lowest BCUT2D eigenvalue weighted by Gasteiger charge is -2.27. The molecule has 2 heteroatoms. The summed E-state index contributed by atoms with van der Waals surface area (Å²) in [5.41, 5.74) is 1.18. The van der Waals surface area contributed by atoms with Crippen LogP contribution in [0.15, 0.2) is 24.3 Å². The van der Waals surface area contributed by atoms with Crippen LogP contribution >= 0.6 is 0 Å². The van der Waals surface area contributed by atoms with E-state index in [0.717, 1.165) is 19.5 Å². The quantitative estimate of drug-likeness (QED) is 0.577. The second-order valence-corrected chi connectivity index (χ2v) is 6.12. The number of nitrogens with one attached hydrogen (secondary N) is 1. The Balaban J connectivity index is 2.10. The average Bonchev–Trinajstić information content (AvgIpc) is 2.72. The number of rotatable bonds is 6. The van der Waals surface area contributed by atoms with Crippen LogP contribution in [0.3, 0.4) is 0 Å². The van der Waals surface area contributed by atoms with E-state index in [2.05, 4.69) is 18.3 Å². The van der Waals surface area contributed by atoms with E-state index >= 15 is 0 Å². The van der Waals surface area contributed by atoms with Crippen LogP contribution in [0.1, 0.15) is 63.4 Å². The second kappa shape index (κ2) is 8.41. The molecule has 1 nitrogen and oxygen atoms in total. The molecule has 1 fully saturated rings. The summed E-state index contributed by atoms with van der Waals surface area (Å²) in [5.74, 6) is 1.08. The van der Waals surface area contributed by atoms with Gasteiger partial charge in [-0.15, -0.1) is 0 Å². The first kappa shape index (κ1) is 15.5. The molecule has 20 heavy (non-hydrogen) atoms. The summed E-state index contributed by atoms with van der Waals surface area (Å²) in [6, 6.07) is 7.25. The van der Waals surface area contributed by atoms with Crippen LogP contribution in [0.25, 0.3) is 0 Å². The summed E-state index contributed by atoms with van der Waals surface area (Å²) in [7, 11) is 0. The molecule has 0 saturated heterocycles. The van der Waals surface area contributed by atoms with Crippen LogP contribution in [0, 0.1) is 11.7 Å². The van der Waals surface area contributed by atoms with E-state index in [-0.39, 0.29) is 5.82 Å². The van der Waals surface area contributed by atoms with Crippen LogP contribution in [0.4, 0.5) is 4.39 Å². The molecule has 0 amide bonds. The lowest BCUT2D eigenvalue weighted by Crippen LogP contribution is -2.27. The molecule has 1 saturated carbocycles. The largest absolute Gasteiger partial charge is 0.316 e. The van der Waals surface area contributed by atoms with Gasteiger partial charge in [0.15, 0.2) is 0 Å². The van der Waals surface area contributed by atoms with Gasteiger partial charge in [0.2, 0.25) is 0 Å². The molecule has 2 rings (SSSR count). The van der Waals surface area contributed by atoms with Crippen molar-refractivity contribution in [2.45, 2.75) is 57.8 Å². The van der Waals surface area contributed by atoms with Crippen LogP contribution < -0.4 is 5.32 Å². The van der Waals surface area contributed by atoms with E-state index in [4.69, 9.17) is 0 Å². The first-order valence-electron chi connectivity index (χ1n) is 8.27. The molecule has 1 aromatic rings. The van der Waals surface area contributed by atoms with Gasteiger partial charge in [0.1, 0.15) is 5.82 Å². The highest BCUT2D eigenvalue weighted by atomic mass is 19.1. The Labute approximate surface area is 123 Å². The van der Waals surface area contributed by atoms with Crippen LogP contribution in [0.5, 0.6) is 0 Å². The molecule has 0 spiro atoms. The normalized spacial score (nSPS) is 18.7. The Morgan fingerprint density at radius 1 is 1.20 bits per heavy atom. The summed E-state index contributed by atoms with van der Waals surface area (Å²) in [4.78, 5) is 0. The minimum atomic E-state index is -0.100. The Morgan fingerprint density at radius 3 is 2.60 bits per heavy atom. The maximum atomic E-state index is 13.5. The monoisotopic (exact) mass is 277 g/mol. The highest BCUT2D eigenvalue weighted by Gasteiger charge is 2.24. The zero-order chi connectivity index (χ0) is 14.2. The Bertz CT molecular complexity index is 383. The van der Waals surface area contributed by atoms with Crippen molar-refractivity contribution < 1.29 is 4.39 Å². The van der Waals surface area contributed by atoms with Gasteiger partial charge < -0.3 is 5.32 Å². The van der Waals surface area contributed by atoms with Gasteiger partial charge in [-0.1, -0.05) is 44.7 Å². The van der Waals surface area contributed by atoms with E-state index in [1.165, 1.54) is 44.1 Å². The Kier molecular flexibility index (Phi) is 6.52. The van der Waals surface area contributed by atoms with Gasteiger partial charge in [-0.25, -0.2) is 4.39 Å². The van der Waals surface area contributed by atoms with E-state index in [1.807, 2.05) is 6.07 Å². The molecule has 0 aliphatic heterocycles. The predicted octanol–water partition coefficient (Wildman–Crippen LogP) is 4.88. The smallest absolute Gasteiger partial charge is 0.123 e. The zero-order valence-electron chi connectivity index (χ0n) is 12.7. The molecule has 1 aliphatic rings. The molecule has 0 heterocycles. The van der Waals surface area contributed by atoms with Crippen LogP contribution in [-0.4, -0.2) is 13.1 Å². The molecule has 0 bridgehead atoms. The van der Waals surface area contributed by atoms with Crippen molar-refractivity contribution >= 4 is 0 Å². The number of halogens is 1. The average molecular weight is 277 g/mol. The molecule has 1 N–H and O–H groups in total. The fourth-order valence-corrected chi connectivity index (χ4v) is 3.44. The van der Waals surface area contributed by atoms with Crippen molar-refractivity contribution in [1.29, 1.82) is 0 Å². The van der Waals surface area contributed by atoms with Gasteiger partial charge >= 0.3 is 0 Å². The van der Waals surface area contributed by atoms with Gasteiger partial charge in [-0.05, 0) is 55.3 Å². The number of benzene rings is 1. The SMILES string of the molecule is CCCNCC(c1cccc(F)c1)C1CCCCCC1. The molecule has 1 unspecified atom stereocenters. The highest BCUT2D eigenvalue weighted by molar-refractivity contribution is 5.22. The van der Waals surface area contributed by atoms with E-state index in [9.17, 15) is 4.39 Å². The van der Waals surface area contributed by atoms with Gasteiger partial charge in [-0.2, -0.15) is 0 Å². The molecule has 0 radical (unpaired) electrons. The predicted molar refractivity (Wildman–Crippen MR) is 83.5 cm³/mol. The standard InChI is InChI=1S/C18H28FN/c1-2-12-20-14-18(15-8-5-3-4-6-9-15)16-10-7-11-17(19)13-16/h7,10-11,13,15,18,20H,2-6,8-9,12,14H2,1H3. The van der Waals surface area contributed by atoms with Gasteiger partial charge in [0.05, 0.1) is 0 Å². The minimum Gasteiger partial charge on any atom is -0.316 e. The first-order chi connectivity index (χ1) is 9.81. The maximum absolute atomic E-state index is 13.5. The lowest BCUT2D eigenvalue weighted by molar-refractivity contribution is 0.360. The van der Waals surface area contributed by atoms with Crippen molar-refractivity contribution in [2.75, 3.05) is 13.1 Å². The molecular formula is C18H28FN. The van der Waals surface area contributed by atoms with Crippen molar-refractivity contribution in [1.82, 2.24) is 5.32 Å². The summed E-state index contributed by atoms with van der Waals surface area (Å²) in [5, 5.41) is 3.55. The topological polar surface area (TPSA) is 12.0 Å². The molecule has 1 aromatic carbocycles. The second-order valence-electron chi connectivity index (χ2n) is 6.12. The molecular weight excluding hydrogens is 249 g/mol. The third kappa shape index (κ3) is 4.59. The third-order valence-electron chi connectivity index (χ3n) is 4.54. The Morgan fingerprint density at radius 2 is 1.95 bits per heavy atom. The summed E-state index contributed by atoms with van der Waals surface area (Å²) in [6.45, 7) is 4.23. The minimum absolute atomic E-state index is 0.100. The van der Waals surface area contributed by atoms with Gasteiger partial charge in [0, 0.05) is 6.54 Å². The highest BCUT2D eigenvalue weighted by Crippen LogP contribution is 2.35. The number of hydrogen-bond donors (Lipinski definition) is 1. The van der Waals surface area contributed by atoms with Crippen LogP contribution in [0.2, 0.25) is 0 Å².